The van der Waals surface area contributed by atoms with Gasteiger partial charge in [-0.2, -0.15) is 0 Å². The lowest BCUT2D eigenvalue weighted by Crippen LogP contribution is -2.30. The molecule has 1 N–H and O–H groups in total. The molecule has 30 heavy (non-hydrogen) atoms. The van der Waals surface area contributed by atoms with Crippen LogP contribution in [0.1, 0.15) is 31.4 Å². The summed E-state index contributed by atoms with van der Waals surface area (Å²) in [7, 11) is 1.49. The van der Waals surface area contributed by atoms with Crippen molar-refractivity contribution in [2.75, 3.05) is 7.11 Å². The Kier molecular flexibility index (Phi) is 6.62. The zero-order chi connectivity index (χ0) is 21.8. The normalized spacial score (nSPS) is 16.0. The average Bonchev–Trinajstić information content (AvgIpc) is 2.98. The van der Waals surface area contributed by atoms with E-state index in [1.807, 2.05) is 13.8 Å². The number of methoxy groups -OCH3 is 1. The first kappa shape index (κ1) is 21.6. The monoisotopic (exact) mass is 432 g/mol. The predicted molar refractivity (Wildman–Crippen MR) is 112 cm³/mol. The van der Waals surface area contributed by atoms with E-state index in [0.29, 0.717) is 22.1 Å². The lowest BCUT2D eigenvalue weighted by atomic mass is 10.1. The highest BCUT2D eigenvalue weighted by molar-refractivity contribution is 6.32. The van der Waals surface area contributed by atoms with Crippen molar-refractivity contribution in [2.45, 2.75) is 32.9 Å². The number of nitrogens with one attached hydrogen (secondary N) is 1. The van der Waals surface area contributed by atoms with Gasteiger partial charge in [-0.25, -0.2) is 9.18 Å². The highest BCUT2D eigenvalue weighted by Crippen LogP contribution is 2.38. The molecule has 2 aromatic carbocycles. The molecule has 3 rings (SSSR count). The van der Waals surface area contributed by atoms with E-state index in [1.165, 1.54) is 25.3 Å². The zero-order valence-corrected chi connectivity index (χ0v) is 17.6. The molecule has 0 radical (unpaired) electrons. The van der Waals surface area contributed by atoms with Crippen molar-refractivity contribution < 1.29 is 23.5 Å². The molecule has 1 aliphatic rings. The van der Waals surface area contributed by atoms with E-state index in [9.17, 15) is 14.0 Å². The first-order valence-corrected chi connectivity index (χ1v) is 9.84. The van der Waals surface area contributed by atoms with E-state index < -0.39 is 17.8 Å². The Morgan fingerprint density at radius 2 is 2.00 bits per heavy atom. The van der Waals surface area contributed by atoms with E-state index in [4.69, 9.17) is 21.1 Å². The van der Waals surface area contributed by atoms with Crippen LogP contribution in [0.3, 0.4) is 0 Å². The van der Waals surface area contributed by atoms with Gasteiger partial charge < -0.3 is 14.8 Å². The molecule has 0 bridgehead atoms. The van der Waals surface area contributed by atoms with Crippen molar-refractivity contribution in [3.63, 3.8) is 0 Å². The van der Waals surface area contributed by atoms with Crippen LogP contribution in [0.15, 0.2) is 42.1 Å². The van der Waals surface area contributed by atoms with Crippen LogP contribution in [0.25, 0.3) is 6.08 Å². The third kappa shape index (κ3) is 4.57. The minimum Gasteiger partial charge on any atom is -0.493 e. The number of benzene rings is 2. The van der Waals surface area contributed by atoms with Gasteiger partial charge in [0, 0.05) is 5.56 Å². The lowest BCUT2D eigenvalue weighted by Gasteiger charge is -2.17. The number of carbonyl (C=O) groups is 2. The van der Waals surface area contributed by atoms with Crippen LogP contribution >= 0.6 is 11.6 Å². The number of urea groups is 1. The summed E-state index contributed by atoms with van der Waals surface area (Å²) in [6.45, 7) is 3.74. The molecule has 0 aromatic heterocycles. The minimum atomic E-state index is -0.621. The molecule has 1 heterocycles. The summed E-state index contributed by atoms with van der Waals surface area (Å²) in [5.74, 6) is -0.213. The Hall–Kier alpha value is -3.06. The Balaban J connectivity index is 1.86. The molecule has 6 nitrogen and oxygen atoms in total. The summed E-state index contributed by atoms with van der Waals surface area (Å²) >= 11 is 6.36. The fourth-order valence-electron chi connectivity index (χ4n) is 2.90. The van der Waals surface area contributed by atoms with Gasteiger partial charge in [0.25, 0.3) is 5.91 Å². The molecule has 1 aliphatic heterocycles. The number of imide groups is 1. The number of halogens is 2. The molecule has 0 aliphatic carbocycles. The van der Waals surface area contributed by atoms with Gasteiger partial charge in [-0.05, 0) is 43.2 Å². The maximum Gasteiger partial charge on any atom is 0.329 e. The van der Waals surface area contributed by atoms with Gasteiger partial charge in [0.1, 0.15) is 11.5 Å². The quantitative estimate of drug-likeness (QED) is 0.506. The van der Waals surface area contributed by atoms with E-state index in [-0.39, 0.29) is 23.9 Å². The average molecular weight is 433 g/mol. The maximum absolute atomic E-state index is 13.9. The topological polar surface area (TPSA) is 67.9 Å². The minimum absolute atomic E-state index is 0.0526. The molecule has 1 atom stereocenters. The highest BCUT2D eigenvalue weighted by atomic mass is 35.5. The summed E-state index contributed by atoms with van der Waals surface area (Å²) in [5.41, 5.74) is 0.855. The van der Waals surface area contributed by atoms with Gasteiger partial charge in [0.15, 0.2) is 11.5 Å². The van der Waals surface area contributed by atoms with Crippen LogP contribution in [-0.4, -0.2) is 30.1 Å². The molecular weight excluding hydrogens is 411 g/mol. The molecule has 0 unspecified atom stereocenters. The van der Waals surface area contributed by atoms with E-state index >= 15 is 0 Å². The summed E-state index contributed by atoms with van der Waals surface area (Å²) in [5, 5.41) is 2.84. The van der Waals surface area contributed by atoms with Crippen LogP contribution in [-0.2, 0) is 11.3 Å². The number of carbonyl (C=O) groups excluding carboxylic acids is 2. The van der Waals surface area contributed by atoms with Crippen LogP contribution in [0.4, 0.5) is 9.18 Å². The molecule has 0 saturated carbocycles. The van der Waals surface area contributed by atoms with Gasteiger partial charge in [0.2, 0.25) is 0 Å². The van der Waals surface area contributed by atoms with Crippen molar-refractivity contribution in [1.29, 1.82) is 0 Å². The smallest absolute Gasteiger partial charge is 0.329 e. The van der Waals surface area contributed by atoms with Crippen LogP contribution < -0.4 is 14.8 Å². The SMILES string of the molecule is CC[C@H](C)Oc1c(Cl)cc(/C=C2/NC(=O)N(Cc3ccccc3F)C2=O)cc1OC. The summed E-state index contributed by atoms with van der Waals surface area (Å²) in [4.78, 5) is 25.9. The number of hydrogen-bond acceptors (Lipinski definition) is 4. The summed E-state index contributed by atoms with van der Waals surface area (Å²) < 4.78 is 25.1. The van der Waals surface area contributed by atoms with Gasteiger partial charge in [-0.3, -0.25) is 9.69 Å². The van der Waals surface area contributed by atoms with Crippen molar-refractivity contribution in [2.24, 2.45) is 0 Å². The molecule has 3 amide bonds. The largest absolute Gasteiger partial charge is 0.493 e. The standard InChI is InChI=1S/C22H22ClFN2O4/c1-4-13(2)30-20-16(23)9-14(11-19(20)29-3)10-18-21(27)26(22(28)25-18)12-15-7-5-6-8-17(15)24/h5-11,13H,4,12H2,1-3H3,(H,25,28)/b18-10+/t13-/m0/s1. The third-order valence-electron chi connectivity index (χ3n) is 4.71. The van der Waals surface area contributed by atoms with Gasteiger partial charge in [0.05, 0.1) is 24.8 Å². The predicted octanol–water partition coefficient (Wildman–Crippen LogP) is 4.76. The molecule has 0 spiro atoms. The zero-order valence-electron chi connectivity index (χ0n) is 16.9. The van der Waals surface area contributed by atoms with E-state index in [0.717, 1.165) is 11.3 Å². The first-order valence-electron chi connectivity index (χ1n) is 9.46. The molecule has 8 heteroatoms. The highest BCUT2D eigenvalue weighted by Gasteiger charge is 2.34. The number of nitrogens with zero attached hydrogens (tertiary/aromatic N) is 1. The second-order valence-electron chi connectivity index (χ2n) is 6.84. The Morgan fingerprint density at radius 3 is 2.67 bits per heavy atom. The van der Waals surface area contributed by atoms with E-state index in [1.54, 1.807) is 24.3 Å². The Labute approximate surface area is 179 Å². The second kappa shape index (κ2) is 9.17. The first-order chi connectivity index (χ1) is 14.3. The molecule has 1 saturated heterocycles. The van der Waals surface area contributed by atoms with Crippen molar-refractivity contribution >= 4 is 29.6 Å². The molecule has 158 valence electrons. The number of amides is 3. The second-order valence-corrected chi connectivity index (χ2v) is 7.25. The van der Waals surface area contributed by atoms with Crippen molar-refractivity contribution in [3.8, 4) is 11.5 Å². The number of rotatable bonds is 7. The maximum atomic E-state index is 13.9. The van der Waals surface area contributed by atoms with Crippen LogP contribution in [0.5, 0.6) is 11.5 Å². The number of ether oxygens (including phenoxy) is 2. The van der Waals surface area contributed by atoms with Gasteiger partial charge in [-0.15, -0.1) is 0 Å². The lowest BCUT2D eigenvalue weighted by molar-refractivity contribution is -0.123. The Morgan fingerprint density at radius 1 is 1.27 bits per heavy atom. The molecule has 2 aromatic rings. The Bertz CT molecular complexity index is 1010. The van der Waals surface area contributed by atoms with Crippen molar-refractivity contribution in [1.82, 2.24) is 10.2 Å². The molecule has 1 fully saturated rings. The fraction of sp³-hybridized carbons (Fsp3) is 0.273. The summed E-state index contributed by atoms with van der Waals surface area (Å²) in [6, 6.07) is 8.65. The van der Waals surface area contributed by atoms with Crippen LogP contribution in [0, 0.1) is 5.82 Å². The fourth-order valence-corrected chi connectivity index (χ4v) is 3.16. The number of hydrogen-bond donors (Lipinski definition) is 1. The van der Waals surface area contributed by atoms with Crippen molar-refractivity contribution in [3.05, 3.63) is 64.1 Å². The third-order valence-corrected chi connectivity index (χ3v) is 4.99. The van der Waals surface area contributed by atoms with E-state index in [2.05, 4.69) is 5.32 Å². The molecular formula is C22H22ClFN2O4. The van der Waals surface area contributed by atoms with Crippen LogP contribution in [0.2, 0.25) is 5.02 Å². The summed E-state index contributed by atoms with van der Waals surface area (Å²) in [6.07, 6.45) is 2.23. The van der Waals surface area contributed by atoms with Gasteiger partial charge in [-0.1, -0.05) is 36.7 Å². The van der Waals surface area contributed by atoms with Gasteiger partial charge >= 0.3 is 6.03 Å².